The van der Waals surface area contributed by atoms with Crippen LogP contribution in [-0.2, 0) is 14.8 Å². The van der Waals surface area contributed by atoms with Crippen molar-refractivity contribution in [3.05, 3.63) is 40.2 Å². The Morgan fingerprint density at radius 1 is 1.16 bits per heavy atom. The van der Waals surface area contributed by atoms with E-state index in [1.807, 2.05) is 20.8 Å². The van der Waals surface area contributed by atoms with Gasteiger partial charge in [0.2, 0.25) is 5.91 Å². The van der Waals surface area contributed by atoms with Crippen molar-refractivity contribution in [2.24, 2.45) is 17.3 Å². The fourth-order valence-electron chi connectivity index (χ4n) is 5.00. The third kappa shape index (κ3) is 6.28. The lowest BCUT2D eigenvalue weighted by Crippen LogP contribution is -2.46. The Kier molecular flexibility index (Phi) is 8.31. The van der Waals surface area contributed by atoms with Crippen molar-refractivity contribution in [1.29, 1.82) is 0 Å². The predicted molar refractivity (Wildman–Crippen MR) is 148 cm³/mol. The molecule has 4 rings (SSSR count). The van der Waals surface area contributed by atoms with Gasteiger partial charge in [-0.25, -0.2) is 18.2 Å². The zero-order valence-electron chi connectivity index (χ0n) is 22.3. The molecule has 1 amide bonds. The minimum atomic E-state index is -3.84. The number of carboxylic acid groups (broad SMARTS) is 1. The van der Waals surface area contributed by atoms with Crippen molar-refractivity contribution in [3.8, 4) is 11.8 Å². The number of sulfonamides is 1. The molecule has 204 valence electrons. The van der Waals surface area contributed by atoms with Crippen LogP contribution in [0.4, 0.5) is 5.69 Å². The Morgan fingerprint density at radius 2 is 1.87 bits per heavy atom. The number of nitrogens with zero attached hydrogens (tertiary/aromatic N) is 3. The first kappa shape index (κ1) is 28.3. The lowest BCUT2D eigenvalue weighted by molar-refractivity contribution is -0.124. The molecule has 38 heavy (non-hydrogen) atoms. The number of hydrogen-bond acceptors (Lipinski definition) is 6. The first-order valence-corrected chi connectivity index (χ1v) is 15.3. The number of aromatic carboxylic acids is 1. The van der Waals surface area contributed by atoms with Crippen LogP contribution >= 0.6 is 11.3 Å². The van der Waals surface area contributed by atoms with Crippen LogP contribution in [0.1, 0.15) is 74.3 Å². The Bertz CT molecular complexity index is 1340. The van der Waals surface area contributed by atoms with Gasteiger partial charge in [-0.1, -0.05) is 24.8 Å². The third-order valence-corrected chi connectivity index (χ3v) is 9.87. The molecule has 0 radical (unpaired) electrons. The number of pyridine rings is 1. The summed E-state index contributed by atoms with van der Waals surface area (Å²) < 4.78 is 27.9. The SMILES string of the molecule is CC1CCC(C(=O)N(c2cc(C#CC(C)(C)C)sc2C(=O)O)[C@H]2CCN(S(=O)(=O)c3ccccn3)C2)CC1. The maximum Gasteiger partial charge on any atom is 0.348 e. The monoisotopic (exact) mass is 557 g/mol. The summed E-state index contributed by atoms with van der Waals surface area (Å²) in [7, 11) is -3.84. The molecule has 2 aromatic heterocycles. The highest BCUT2D eigenvalue weighted by molar-refractivity contribution is 7.89. The standard InChI is InChI=1S/C28H35N3O5S2/c1-19-8-10-20(11-9-19)26(32)31(23-17-22(12-14-28(2,3)4)37-25(23)27(33)34)21-13-16-30(18-21)38(35,36)24-7-5-6-15-29-24/h5-7,15,17,19-21H,8-11,13,16,18H2,1-4H3,(H,33,34)/t19?,20?,21-/m0/s1. The maximum atomic E-state index is 14.0. The zero-order chi connectivity index (χ0) is 27.7. The highest BCUT2D eigenvalue weighted by atomic mass is 32.2. The summed E-state index contributed by atoms with van der Waals surface area (Å²) in [5.74, 6) is 5.29. The van der Waals surface area contributed by atoms with Crippen molar-refractivity contribution >= 4 is 38.9 Å². The van der Waals surface area contributed by atoms with Crippen LogP contribution in [0.25, 0.3) is 0 Å². The molecule has 0 spiro atoms. The van der Waals surface area contributed by atoms with Gasteiger partial charge in [-0.15, -0.1) is 11.3 Å². The van der Waals surface area contributed by atoms with Crippen molar-refractivity contribution < 1.29 is 23.1 Å². The summed E-state index contributed by atoms with van der Waals surface area (Å²) in [5, 5.41) is 10.0. The molecular weight excluding hydrogens is 522 g/mol. The zero-order valence-corrected chi connectivity index (χ0v) is 23.9. The van der Waals surface area contributed by atoms with Crippen molar-refractivity contribution in [3.63, 3.8) is 0 Å². The molecular formula is C28H35N3O5S2. The smallest absolute Gasteiger partial charge is 0.348 e. The van der Waals surface area contributed by atoms with Gasteiger partial charge < -0.3 is 10.0 Å². The van der Waals surface area contributed by atoms with Gasteiger partial charge in [0.25, 0.3) is 10.0 Å². The van der Waals surface area contributed by atoms with Crippen LogP contribution in [0.5, 0.6) is 0 Å². The first-order chi connectivity index (χ1) is 17.9. The van der Waals surface area contributed by atoms with E-state index in [2.05, 4.69) is 23.7 Å². The molecule has 0 bridgehead atoms. The van der Waals surface area contributed by atoms with Gasteiger partial charge in [0, 0.05) is 30.6 Å². The van der Waals surface area contributed by atoms with Gasteiger partial charge in [0.05, 0.1) is 16.6 Å². The summed E-state index contributed by atoms with van der Waals surface area (Å²) in [6, 6.07) is 5.93. The summed E-state index contributed by atoms with van der Waals surface area (Å²) in [5.41, 5.74) is 0.0413. The van der Waals surface area contributed by atoms with E-state index in [1.54, 1.807) is 23.1 Å². The summed E-state index contributed by atoms with van der Waals surface area (Å²) in [6.07, 6.45) is 5.19. The number of rotatable bonds is 6. The van der Waals surface area contributed by atoms with E-state index in [9.17, 15) is 23.1 Å². The van der Waals surface area contributed by atoms with E-state index >= 15 is 0 Å². The fourth-order valence-corrected chi connectivity index (χ4v) is 7.26. The van der Waals surface area contributed by atoms with Gasteiger partial charge in [-0.2, -0.15) is 4.31 Å². The van der Waals surface area contributed by atoms with Crippen molar-refractivity contribution in [2.45, 2.75) is 70.9 Å². The second kappa shape index (κ2) is 11.2. The molecule has 1 aliphatic heterocycles. The molecule has 1 aliphatic carbocycles. The van der Waals surface area contributed by atoms with Gasteiger partial charge >= 0.3 is 5.97 Å². The number of thiophene rings is 1. The third-order valence-electron chi connectivity index (χ3n) is 7.06. The van der Waals surface area contributed by atoms with Crippen LogP contribution in [0, 0.1) is 29.1 Å². The highest BCUT2D eigenvalue weighted by Crippen LogP contribution is 2.38. The van der Waals surface area contributed by atoms with Gasteiger partial charge in [0.1, 0.15) is 4.88 Å². The molecule has 1 saturated heterocycles. The average molecular weight is 558 g/mol. The molecule has 8 nitrogen and oxygen atoms in total. The highest BCUT2D eigenvalue weighted by Gasteiger charge is 2.41. The largest absolute Gasteiger partial charge is 0.477 e. The van der Waals surface area contributed by atoms with Crippen LogP contribution in [0.3, 0.4) is 0 Å². The molecule has 1 saturated carbocycles. The number of amides is 1. The van der Waals surface area contributed by atoms with E-state index in [1.165, 1.54) is 16.6 Å². The van der Waals surface area contributed by atoms with Crippen molar-refractivity contribution in [2.75, 3.05) is 18.0 Å². The van der Waals surface area contributed by atoms with Gasteiger partial charge in [-0.05, 0) is 77.0 Å². The fraction of sp³-hybridized carbons (Fsp3) is 0.536. The number of aromatic nitrogens is 1. The van der Waals surface area contributed by atoms with Gasteiger partial charge in [-0.3, -0.25) is 4.79 Å². The van der Waals surface area contributed by atoms with Crippen LogP contribution in [0.2, 0.25) is 0 Å². The molecule has 3 heterocycles. The number of anilines is 1. The van der Waals surface area contributed by atoms with Crippen LogP contribution in [-0.4, -0.2) is 53.8 Å². The lowest BCUT2D eigenvalue weighted by Gasteiger charge is -2.34. The van der Waals surface area contributed by atoms with Crippen LogP contribution < -0.4 is 4.90 Å². The van der Waals surface area contributed by atoms with Crippen molar-refractivity contribution in [1.82, 2.24) is 9.29 Å². The van der Waals surface area contributed by atoms with E-state index in [0.29, 0.717) is 22.9 Å². The average Bonchev–Trinajstić information content (AvgIpc) is 3.52. The molecule has 10 heteroatoms. The van der Waals surface area contributed by atoms with E-state index in [4.69, 9.17) is 0 Å². The summed E-state index contributed by atoms with van der Waals surface area (Å²) in [4.78, 5) is 32.6. The van der Waals surface area contributed by atoms with Gasteiger partial charge in [0.15, 0.2) is 5.03 Å². The predicted octanol–water partition coefficient (Wildman–Crippen LogP) is 4.86. The second-order valence-electron chi connectivity index (χ2n) is 11.3. The molecule has 1 N–H and O–H groups in total. The molecule has 2 aliphatic rings. The van der Waals surface area contributed by atoms with E-state index < -0.39 is 22.0 Å². The summed E-state index contributed by atoms with van der Waals surface area (Å²) >= 11 is 1.05. The Morgan fingerprint density at radius 3 is 2.47 bits per heavy atom. The van der Waals surface area contributed by atoms with E-state index in [0.717, 1.165) is 37.0 Å². The molecule has 0 aromatic carbocycles. The molecule has 2 aromatic rings. The topological polar surface area (TPSA) is 108 Å². The maximum absolute atomic E-state index is 14.0. The lowest BCUT2D eigenvalue weighted by atomic mass is 9.82. The number of carbonyl (C=O) groups excluding carboxylic acids is 1. The Labute approximate surface area is 229 Å². The summed E-state index contributed by atoms with van der Waals surface area (Å²) in [6.45, 7) is 8.40. The Balaban J connectivity index is 1.72. The number of carbonyl (C=O) groups is 2. The van der Waals surface area contributed by atoms with E-state index in [-0.39, 0.29) is 40.2 Å². The molecule has 2 fully saturated rings. The van der Waals surface area contributed by atoms with Crippen LogP contribution in [0.15, 0.2) is 35.5 Å². The minimum Gasteiger partial charge on any atom is -0.477 e. The quantitative estimate of drug-likeness (QED) is 0.508. The normalized spacial score (nSPS) is 22.5. The molecule has 0 unspecified atom stereocenters. The second-order valence-corrected chi connectivity index (χ2v) is 14.2. The Hall–Kier alpha value is -2.74. The number of hydrogen-bond donors (Lipinski definition) is 1. The molecule has 1 atom stereocenters. The minimum absolute atomic E-state index is 0.0405. The first-order valence-electron chi connectivity index (χ1n) is 13.0. The number of carboxylic acids is 1.